The summed E-state index contributed by atoms with van der Waals surface area (Å²) in [6.45, 7) is 6.01. The molecule has 0 aliphatic rings. The first-order chi connectivity index (χ1) is 11.4. The number of benzene rings is 1. The van der Waals surface area contributed by atoms with Crippen LogP contribution in [0.5, 0.6) is 11.5 Å². The Hall–Kier alpha value is -1.75. The smallest absolute Gasteiger partial charge is 0.311 e. The van der Waals surface area contributed by atoms with Gasteiger partial charge in [0.25, 0.3) is 0 Å². The van der Waals surface area contributed by atoms with Gasteiger partial charge in [-0.15, -0.1) is 0 Å². The van der Waals surface area contributed by atoms with E-state index in [1.54, 1.807) is 18.2 Å². The van der Waals surface area contributed by atoms with Crippen LogP contribution in [0.2, 0.25) is 5.02 Å². The van der Waals surface area contributed by atoms with Gasteiger partial charge in [-0.1, -0.05) is 32.4 Å². The molecule has 6 heteroatoms. The van der Waals surface area contributed by atoms with Gasteiger partial charge in [0, 0.05) is 23.9 Å². The van der Waals surface area contributed by atoms with Gasteiger partial charge in [0.05, 0.1) is 7.11 Å². The minimum absolute atomic E-state index is 0.0808. The van der Waals surface area contributed by atoms with Crippen LogP contribution in [-0.2, 0) is 14.3 Å². The van der Waals surface area contributed by atoms with Gasteiger partial charge in [0.15, 0.2) is 11.5 Å². The number of esters is 2. The predicted octanol–water partition coefficient (Wildman–Crippen LogP) is 4.40. The molecule has 1 rings (SSSR count). The molecule has 5 nitrogen and oxygen atoms in total. The molecule has 0 saturated heterocycles. The van der Waals surface area contributed by atoms with Crippen molar-refractivity contribution in [2.75, 3.05) is 7.11 Å². The molecule has 24 heavy (non-hydrogen) atoms. The largest absolute Gasteiger partial charge is 0.493 e. The topological polar surface area (TPSA) is 61.8 Å². The molecule has 1 aromatic carbocycles. The van der Waals surface area contributed by atoms with Gasteiger partial charge < -0.3 is 14.2 Å². The van der Waals surface area contributed by atoms with Crippen molar-refractivity contribution in [3.63, 3.8) is 0 Å². The van der Waals surface area contributed by atoms with Crippen molar-refractivity contribution in [1.29, 1.82) is 0 Å². The van der Waals surface area contributed by atoms with Crippen LogP contribution in [-0.4, -0.2) is 25.2 Å². The van der Waals surface area contributed by atoms with Crippen molar-refractivity contribution in [2.24, 2.45) is 5.92 Å². The second-order valence-corrected chi connectivity index (χ2v) is 6.24. The van der Waals surface area contributed by atoms with E-state index < -0.39 is 5.97 Å². The van der Waals surface area contributed by atoms with Crippen LogP contribution in [0.3, 0.4) is 0 Å². The zero-order valence-electron chi connectivity index (χ0n) is 14.6. The molecule has 134 valence electrons. The minimum Gasteiger partial charge on any atom is -0.493 e. The zero-order chi connectivity index (χ0) is 18.1. The van der Waals surface area contributed by atoms with E-state index in [-0.39, 0.29) is 30.8 Å². The first-order valence-corrected chi connectivity index (χ1v) is 8.48. The number of carbonyl (C=O) groups is 2. The summed E-state index contributed by atoms with van der Waals surface area (Å²) >= 11 is 5.85. The van der Waals surface area contributed by atoms with E-state index in [0.29, 0.717) is 22.9 Å². The molecule has 0 heterocycles. The van der Waals surface area contributed by atoms with Gasteiger partial charge in [-0.25, -0.2) is 0 Å². The maximum Gasteiger partial charge on any atom is 0.311 e. The molecule has 1 unspecified atom stereocenters. The van der Waals surface area contributed by atoms with Crippen LogP contribution in [0.4, 0.5) is 0 Å². The van der Waals surface area contributed by atoms with Crippen molar-refractivity contribution >= 4 is 23.5 Å². The molecule has 0 radical (unpaired) electrons. The number of carbonyl (C=O) groups excluding carboxylic acids is 2. The molecule has 0 spiro atoms. The van der Waals surface area contributed by atoms with Crippen LogP contribution >= 0.6 is 11.6 Å². The average Bonchev–Trinajstić information content (AvgIpc) is 2.53. The first-order valence-electron chi connectivity index (χ1n) is 8.11. The van der Waals surface area contributed by atoms with E-state index in [9.17, 15) is 9.59 Å². The Kier molecular flexibility index (Phi) is 8.61. The number of rotatable bonds is 9. The fraction of sp³-hybridized carbons (Fsp3) is 0.556. The summed E-state index contributed by atoms with van der Waals surface area (Å²) < 4.78 is 15.7. The van der Waals surface area contributed by atoms with E-state index in [1.165, 1.54) is 7.11 Å². The number of hydrogen-bond acceptors (Lipinski definition) is 5. The van der Waals surface area contributed by atoms with Gasteiger partial charge >= 0.3 is 11.9 Å². The van der Waals surface area contributed by atoms with Crippen LogP contribution in [0.25, 0.3) is 0 Å². The minimum atomic E-state index is -0.431. The Bertz CT molecular complexity index is 556. The highest BCUT2D eigenvalue weighted by Crippen LogP contribution is 2.30. The van der Waals surface area contributed by atoms with Crippen molar-refractivity contribution in [3.8, 4) is 11.5 Å². The third-order valence-corrected chi connectivity index (χ3v) is 3.78. The molecular weight excluding hydrogens is 332 g/mol. The molecule has 0 aliphatic heterocycles. The lowest BCUT2D eigenvalue weighted by Crippen LogP contribution is -2.22. The normalized spacial score (nSPS) is 11.9. The van der Waals surface area contributed by atoms with Gasteiger partial charge in [0.2, 0.25) is 0 Å². The lowest BCUT2D eigenvalue weighted by Gasteiger charge is -2.19. The molecule has 0 amide bonds. The first kappa shape index (κ1) is 20.3. The third-order valence-electron chi connectivity index (χ3n) is 3.54. The van der Waals surface area contributed by atoms with E-state index in [4.69, 9.17) is 25.8 Å². The lowest BCUT2D eigenvalue weighted by atomic mass is 10.1. The maximum absolute atomic E-state index is 11.9. The van der Waals surface area contributed by atoms with E-state index in [2.05, 4.69) is 0 Å². The van der Waals surface area contributed by atoms with E-state index in [0.717, 1.165) is 6.42 Å². The number of ether oxygens (including phenoxy) is 3. The number of methoxy groups -OCH3 is 1. The van der Waals surface area contributed by atoms with E-state index >= 15 is 0 Å². The predicted molar refractivity (Wildman–Crippen MR) is 92.5 cm³/mol. The van der Waals surface area contributed by atoms with Crippen LogP contribution in [0.15, 0.2) is 18.2 Å². The van der Waals surface area contributed by atoms with E-state index in [1.807, 2.05) is 20.8 Å². The molecule has 0 bridgehead atoms. The van der Waals surface area contributed by atoms with Gasteiger partial charge in [-0.05, 0) is 30.9 Å². The second-order valence-electron chi connectivity index (χ2n) is 5.80. The average molecular weight is 357 g/mol. The summed E-state index contributed by atoms with van der Waals surface area (Å²) in [5.74, 6) is 0.256. The summed E-state index contributed by atoms with van der Waals surface area (Å²) in [5, 5.41) is 0.491. The Morgan fingerprint density at radius 2 is 1.79 bits per heavy atom. The summed E-state index contributed by atoms with van der Waals surface area (Å²) in [4.78, 5) is 23.7. The van der Waals surface area contributed by atoms with Crippen LogP contribution < -0.4 is 9.47 Å². The standard InChI is InChI=1S/C18H25ClO5/c1-5-14(12(2)3)23-17(20)7-6-8-18(21)24-15-10-9-13(19)11-16(15)22-4/h9-12,14H,5-8H2,1-4H3. The van der Waals surface area contributed by atoms with Gasteiger partial charge in [-0.2, -0.15) is 0 Å². The molecule has 0 aliphatic carbocycles. The number of halogens is 1. The van der Waals surface area contributed by atoms with Crippen LogP contribution in [0, 0.1) is 5.92 Å². The van der Waals surface area contributed by atoms with Gasteiger partial charge in [0.1, 0.15) is 6.10 Å². The maximum atomic E-state index is 11.9. The Morgan fingerprint density at radius 3 is 2.38 bits per heavy atom. The molecule has 1 atom stereocenters. The van der Waals surface area contributed by atoms with Crippen molar-refractivity contribution in [2.45, 2.75) is 52.6 Å². The molecule has 0 saturated carbocycles. The Morgan fingerprint density at radius 1 is 1.12 bits per heavy atom. The second kappa shape index (κ2) is 10.2. The SMILES string of the molecule is CCC(OC(=O)CCCC(=O)Oc1ccc(Cl)cc1OC)C(C)C. The highest BCUT2D eigenvalue weighted by molar-refractivity contribution is 6.30. The van der Waals surface area contributed by atoms with Gasteiger partial charge in [-0.3, -0.25) is 9.59 Å². The van der Waals surface area contributed by atoms with Crippen molar-refractivity contribution in [1.82, 2.24) is 0 Å². The fourth-order valence-electron chi connectivity index (χ4n) is 2.20. The quantitative estimate of drug-likeness (QED) is 0.484. The molecular formula is C18H25ClO5. The molecule has 0 N–H and O–H groups in total. The summed E-state index contributed by atoms with van der Waals surface area (Å²) in [6, 6.07) is 4.75. The summed E-state index contributed by atoms with van der Waals surface area (Å²) in [7, 11) is 1.47. The Balaban J connectivity index is 2.40. The highest BCUT2D eigenvalue weighted by Gasteiger charge is 2.17. The van der Waals surface area contributed by atoms with Crippen molar-refractivity contribution < 1.29 is 23.8 Å². The molecule has 1 aromatic rings. The summed E-state index contributed by atoms with van der Waals surface area (Å²) in [5.41, 5.74) is 0. The molecule has 0 aromatic heterocycles. The fourth-order valence-corrected chi connectivity index (χ4v) is 2.36. The number of hydrogen-bond donors (Lipinski definition) is 0. The molecule has 0 fully saturated rings. The third kappa shape index (κ3) is 6.79. The Labute approximate surface area is 148 Å². The van der Waals surface area contributed by atoms with Crippen LogP contribution in [0.1, 0.15) is 46.5 Å². The highest BCUT2D eigenvalue weighted by atomic mass is 35.5. The summed E-state index contributed by atoms with van der Waals surface area (Å²) in [6.07, 6.45) is 1.39. The monoisotopic (exact) mass is 356 g/mol. The van der Waals surface area contributed by atoms with Crippen molar-refractivity contribution in [3.05, 3.63) is 23.2 Å². The zero-order valence-corrected chi connectivity index (χ0v) is 15.4. The lowest BCUT2D eigenvalue weighted by molar-refractivity contribution is -0.151.